The van der Waals surface area contributed by atoms with Crippen molar-refractivity contribution in [2.45, 2.75) is 38.5 Å². The maximum Gasteiger partial charge on any atom is 0.162 e. The van der Waals surface area contributed by atoms with Gasteiger partial charge >= 0.3 is 0 Å². The molecule has 1 aliphatic carbocycles. The SMILES string of the molecule is Nc1ccc(CC(=O)C2=CCCCCC2)cc1. The molecule has 1 aromatic carbocycles. The van der Waals surface area contributed by atoms with Crippen LogP contribution in [0.3, 0.4) is 0 Å². The summed E-state index contributed by atoms with van der Waals surface area (Å²) in [4.78, 5) is 12.1. The summed E-state index contributed by atoms with van der Waals surface area (Å²) in [6.07, 6.45) is 8.27. The zero-order valence-corrected chi connectivity index (χ0v) is 10.1. The molecule has 1 aliphatic rings. The fraction of sp³-hybridized carbons (Fsp3) is 0.400. The molecule has 0 spiro atoms. The molecule has 17 heavy (non-hydrogen) atoms. The van der Waals surface area contributed by atoms with Crippen molar-refractivity contribution in [1.29, 1.82) is 0 Å². The van der Waals surface area contributed by atoms with E-state index in [4.69, 9.17) is 5.73 Å². The molecule has 0 saturated heterocycles. The van der Waals surface area contributed by atoms with E-state index in [1.807, 2.05) is 24.3 Å². The number of anilines is 1. The van der Waals surface area contributed by atoms with E-state index in [-0.39, 0.29) is 5.78 Å². The van der Waals surface area contributed by atoms with Crippen LogP contribution < -0.4 is 5.73 Å². The summed E-state index contributed by atoms with van der Waals surface area (Å²) in [5.74, 6) is 0.275. The third-order valence-electron chi connectivity index (χ3n) is 3.24. The minimum Gasteiger partial charge on any atom is -0.399 e. The van der Waals surface area contributed by atoms with Crippen LogP contribution in [0.15, 0.2) is 35.9 Å². The topological polar surface area (TPSA) is 43.1 Å². The number of ketones is 1. The lowest BCUT2D eigenvalue weighted by molar-refractivity contribution is -0.115. The molecular formula is C15H19NO. The number of benzene rings is 1. The van der Waals surface area contributed by atoms with Crippen molar-refractivity contribution >= 4 is 11.5 Å². The fourth-order valence-electron chi connectivity index (χ4n) is 2.20. The molecule has 0 unspecified atom stereocenters. The van der Waals surface area contributed by atoms with Crippen molar-refractivity contribution in [3.05, 3.63) is 41.5 Å². The second-order valence-corrected chi connectivity index (χ2v) is 4.67. The molecule has 0 aromatic heterocycles. The van der Waals surface area contributed by atoms with E-state index in [0.717, 1.165) is 36.1 Å². The van der Waals surface area contributed by atoms with Gasteiger partial charge < -0.3 is 5.73 Å². The normalized spacial score (nSPS) is 16.1. The first kappa shape index (κ1) is 11.9. The van der Waals surface area contributed by atoms with Crippen LogP contribution >= 0.6 is 0 Å². The first-order valence-electron chi connectivity index (χ1n) is 6.32. The van der Waals surface area contributed by atoms with Gasteiger partial charge in [0.2, 0.25) is 0 Å². The number of allylic oxidation sites excluding steroid dienone is 2. The van der Waals surface area contributed by atoms with Gasteiger partial charge in [-0.05, 0) is 49.0 Å². The Kier molecular flexibility index (Phi) is 3.97. The summed E-state index contributed by atoms with van der Waals surface area (Å²) in [6.45, 7) is 0. The standard InChI is InChI=1S/C15H19NO/c16-14-9-7-12(8-10-14)11-15(17)13-5-3-1-2-4-6-13/h5,7-10H,1-4,6,11,16H2. The molecule has 0 atom stereocenters. The van der Waals surface area contributed by atoms with Gasteiger partial charge in [-0.1, -0.05) is 24.6 Å². The number of hydrogen-bond donors (Lipinski definition) is 1. The van der Waals surface area contributed by atoms with E-state index in [1.165, 1.54) is 12.8 Å². The summed E-state index contributed by atoms with van der Waals surface area (Å²) in [7, 11) is 0. The molecule has 0 radical (unpaired) electrons. The highest BCUT2D eigenvalue weighted by atomic mass is 16.1. The molecule has 1 aromatic rings. The molecule has 90 valence electrons. The summed E-state index contributed by atoms with van der Waals surface area (Å²) in [5.41, 5.74) is 8.45. The molecule has 2 nitrogen and oxygen atoms in total. The summed E-state index contributed by atoms with van der Waals surface area (Å²) < 4.78 is 0. The van der Waals surface area contributed by atoms with Crippen molar-refractivity contribution in [3.8, 4) is 0 Å². The van der Waals surface area contributed by atoms with Gasteiger partial charge in [0, 0.05) is 12.1 Å². The van der Waals surface area contributed by atoms with Crippen LogP contribution in [0.5, 0.6) is 0 Å². The zero-order chi connectivity index (χ0) is 12.1. The van der Waals surface area contributed by atoms with Crippen LogP contribution in [0.25, 0.3) is 0 Å². The van der Waals surface area contributed by atoms with E-state index in [0.29, 0.717) is 6.42 Å². The van der Waals surface area contributed by atoms with E-state index in [2.05, 4.69) is 6.08 Å². The molecule has 0 bridgehead atoms. The van der Waals surface area contributed by atoms with Gasteiger partial charge in [0.1, 0.15) is 0 Å². The highest BCUT2D eigenvalue weighted by molar-refractivity contribution is 5.96. The number of rotatable bonds is 3. The maximum absolute atomic E-state index is 12.1. The summed E-state index contributed by atoms with van der Waals surface area (Å²) in [5, 5.41) is 0. The number of nitrogens with two attached hydrogens (primary N) is 1. The Hall–Kier alpha value is -1.57. The second kappa shape index (κ2) is 5.67. The average Bonchev–Trinajstić information content (AvgIpc) is 2.61. The quantitative estimate of drug-likeness (QED) is 0.808. The lowest BCUT2D eigenvalue weighted by Crippen LogP contribution is -2.06. The minimum atomic E-state index is 0.275. The van der Waals surface area contributed by atoms with Crippen LogP contribution in [0.2, 0.25) is 0 Å². The van der Waals surface area contributed by atoms with Gasteiger partial charge in [-0.25, -0.2) is 0 Å². The van der Waals surface area contributed by atoms with Crippen molar-refractivity contribution in [3.63, 3.8) is 0 Å². The summed E-state index contributed by atoms with van der Waals surface area (Å²) >= 11 is 0. The van der Waals surface area contributed by atoms with E-state index in [9.17, 15) is 4.79 Å². The van der Waals surface area contributed by atoms with Gasteiger partial charge in [-0.3, -0.25) is 4.79 Å². The highest BCUT2D eigenvalue weighted by Gasteiger charge is 2.11. The predicted molar refractivity (Wildman–Crippen MR) is 70.7 cm³/mol. The molecule has 0 amide bonds. The number of hydrogen-bond acceptors (Lipinski definition) is 2. The van der Waals surface area contributed by atoms with E-state index >= 15 is 0 Å². The average molecular weight is 229 g/mol. The van der Waals surface area contributed by atoms with Crippen molar-refractivity contribution in [2.75, 3.05) is 5.73 Å². The first-order valence-corrected chi connectivity index (χ1v) is 6.32. The Bertz CT molecular complexity index is 417. The third-order valence-corrected chi connectivity index (χ3v) is 3.24. The number of nitrogen functional groups attached to an aromatic ring is 1. The molecule has 0 aliphatic heterocycles. The van der Waals surface area contributed by atoms with Gasteiger partial charge in [0.15, 0.2) is 5.78 Å². The molecule has 0 fully saturated rings. The van der Waals surface area contributed by atoms with E-state index in [1.54, 1.807) is 0 Å². The van der Waals surface area contributed by atoms with Gasteiger partial charge in [-0.15, -0.1) is 0 Å². The Labute approximate surface area is 103 Å². The Morgan fingerprint density at radius 3 is 2.65 bits per heavy atom. The first-order chi connectivity index (χ1) is 8.25. The Morgan fingerprint density at radius 2 is 1.88 bits per heavy atom. The van der Waals surface area contributed by atoms with E-state index < -0.39 is 0 Å². The molecular weight excluding hydrogens is 210 g/mol. The van der Waals surface area contributed by atoms with Crippen LogP contribution in [0, 0.1) is 0 Å². The lowest BCUT2D eigenvalue weighted by Gasteiger charge is -2.05. The number of carbonyl (C=O) groups excluding carboxylic acids is 1. The van der Waals surface area contributed by atoms with Gasteiger partial charge in [0.05, 0.1) is 0 Å². The predicted octanol–water partition coefficient (Wildman–Crippen LogP) is 3.27. The molecule has 0 heterocycles. The number of carbonyl (C=O) groups is 1. The lowest BCUT2D eigenvalue weighted by atomic mass is 9.99. The van der Waals surface area contributed by atoms with Crippen molar-refractivity contribution < 1.29 is 4.79 Å². The largest absolute Gasteiger partial charge is 0.399 e. The van der Waals surface area contributed by atoms with Crippen LogP contribution in [0.4, 0.5) is 5.69 Å². The fourth-order valence-corrected chi connectivity index (χ4v) is 2.20. The second-order valence-electron chi connectivity index (χ2n) is 4.67. The molecule has 2 N–H and O–H groups in total. The van der Waals surface area contributed by atoms with Crippen LogP contribution in [-0.2, 0) is 11.2 Å². The molecule has 2 rings (SSSR count). The monoisotopic (exact) mass is 229 g/mol. The Balaban J connectivity index is 2.00. The zero-order valence-electron chi connectivity index (χ0n) is 10.1. The molecule has 0 saturated carbocycles. The van der Waals surface area contributed by atoms with Gasteiger partial charge in [0.25, 0.3) is 0 Å². The van der Waals surface area contributed by atoms with Crippen molar-refractivity contribution in [1.82, 2.24) is 0 Å². The molecule has 2 heteroatoms. The van der Waals surface area contributed by atoms with Crippen LogP contribution in [-0.4, -0.2) is 5.78 Å². The maximum atomic E-state index is 12.1. The minimum absolute atomic E-state index is 0.275. The van der Waals surface area contributed by atoms with Crippen LogP contribution in [0.1, 0.15) is 37.7 Å². The highest BCUT2D eigenvalue weighted by Crippen LogP contribution is 2.19. The smallest absolute Gasteiger partial charge is 0.162 e. The van der Waals surface area contributed by atoms with Gasteiger partial charge in [-0.2, -0.15) is 0 Å². The van der Waals surface area contributed by atoms with Crippen molar-refractivity contribution in [2.24, 2.45) is 0 Å². The number of Topliss-reactive ketones (excluding diaryl/α,β-unsaturated/α-hetero) is 1. The third kappa shape index (κ3) is 3.45. The Morgan fingerprint density at radius 1 is 1.12 bits per heavy atom. The summed E-state index contributed by atoms with van der Waals surface area (Å²) in [6, 6.07) is 7.57.